The van der Waals surface area contributed by atoms with Crippen LogP contribution < -0.4 is 20.9 Å². The number of allylic oxidation sites excluding steroid dienone is 1. The van der Waals surface area contributed by atoms with Crippen molar-refractivity contribution in [3.05, 3.63) is 78.8 Å². The quantitative estimate of drug-likeness (QED) is 0.274. The molecule has 3 aromatic rings. The molecule has 0 saturated carbocycles. The summed E-state index contributed by atoms with van der Waals surface area (Å²) in [5.74, 6) is 0.0783. The van der Waals surface area contributed by atoms with Gasteiger partial charge in [-0.1, -0.05) is 19.6 Å². The number of hydrogen-bond donors (Lipinski definition) is 3. The zero-order chi connectivity index (χ0) is 27.3. The lowest BCUT2D eigenvalue weighted by molar-refractivity contribution is -0.121. The van der Waals surface area contributed by atoms with E-state index in [1.807, 2.05) is 19.1 Å². The number of carbonyl (C=O) groups is 3. The molecule has 0 spiro atoms. The van der Waals surface area contributed by atoms with E-state index in [9.17, 15) is 14.4 Å². The van der Waals surface area contributed by atoms with E-state index in [0.717, 1.165) is 18.4 Å². The van der Waals surface area contributed by atoms with Crippen LogP contribution in [-0.2, 0) is 16.0 Å². The summed E-state index contributed by atoms with van der Waals surface area (Å²) in [6, 6.07) is 10.8. The van der Waals surface area contributed by atoms with Gasteiger partial charge < -0.3 is 20.9 Å². The Labute approximate surface area is 222 Å². The van der Waals surface area contributed by atoms with E-state index in [-0.39, 0.29) is 30.4 Å². The summed E-state index contributed by atoms with van der Waals surface area (Å²) < 4.78 is 0. The minimum atomic E-state index is -0.380. The van der Waals surface area contributed by atoms with Crippen LogP contribution in [0.2, 0.25) is 0 Å². The molecule has 0 atom stereocenters. The van der Waals surface area contributed by atoms with E-state index >= 15 is 0 Å². The lowest BCUT2D eigenvalue weighted by Gasteiger charge is -2.18. The first-order chi connectivity index (χ1) is 18.4. The van der Waals surface area contributed by atoms with Gasteiger partial charge in [0.25, 0.3) is 5.91 Å². The second-order valence-electron chi connectivity index (χ2n) is 8.54. The highest BCUT2D eigenvalue weighted by Crippen LogP contribution is 2.22. The van der Waals surface area contributed by atoms with Crippen LogP contribution >= 0.6 is 0 Å². The van der Waals surface area contributed by atoms with Gasteiger partial charge >= 0.3 is 0 Å². The maximum atomic E-state index is 13.1. The Kier molecular flexibility index (Phi) is 10.5. The third-order valence-electron chi connectivity index (χ3n) is 5.70. The van der Waals surface area contributed by atoms with Crippen molar-refractivity contribution in [2.75, 3.05) is 41.0 Å². The topological polar surface area (TPSA) is 129 Å². The molecule has 10 heteroatoms. The van der Waals surface area contributed by atoms with Gasteiger partial charge in [-0.05, 0) is 54.8 Å². The Balaban J connectivity index is 1.68. The molecule has 3 rings (SSSR count). The number of pyridine rings is 1. The molecule has 0 aliphatic rings. The molecule has 0 aliphatic heterocycles. The first kappa shape index (κ1) is 28.0. The number of rotatable bonds is 14. The van der Waals surface area contributed by atoms with Crippen LogP contribution in [0.4, 0.5) is 23.1 Å². The standard InChI is InChI=1S/C28H33N7O3/c1-4-14-30-26-24(19-32-28(34-26)31-17-13-20-11-15-29-16-12-20)27(38)33-21-7-6-8-22(18-21)35(3)25(37)10-9-23(36)5-2/h5-8,11-12,15-16,18-19H,2,4,9-10,13-14,17H2,1,3H3,(H,33,38)(H2,30,31,32,34). The summed E-state index contributed by atoms with van der Waals surface area (Å²) in [7, 11) is 1.63. The lowest BCUT2D eigenvalue weighted by Crippen LogP contribution is -2.26. The normalized spacial score (nSPS) is 10.4. The molecule has 0 fully saturated rings. The fraction of sp³-hybridized carbons (Fsp3) is 0.286. The Morgan fingerprint density at radius 3 is 2.58 bits per heavy atom. The van der Waals surface area contributed by atoms with Crippen molar-refractivity contribution < 1.29 is 14.4 Å². The summed E-state index contributed by atoms with van der Waals surface area (Å²) >= 11 is 0. The van der Waals surface area contributed by atoms with E-state index in [1.54, 1.807) is 43.7 Å². The van der Waals surface area contributed by atoms with Crippen LogP contribution in [0.5, 0.6) is 0 Å². The molecule has 2 heterocycles. The van der Waals surface area contributed by atoms with Crippen molar-refractivity contribution in [1.82, 2.24) is 15.0 Å². The molecule has 2 aromatic heterocycles. The van der Waals surface area contributed by atoms with Crippen LogP contribution in [0.15, 0.2) is 67.6 Å². The highest BCUT2D eigenvalue weighted by Gasteiger charge is 2.17. The molecule has 2 amide bonds. The molecule has 1 aromatic carbocycles. The number of nitrogens with one attached hydrogen (secondary N) is 3. The Morgan fingerprint density at radius 2 is 1.84 bits per heavy atom. The highest BCUT2D eigenvalue weighted by atomic mass is 16.2. The molecule has 0 saturated heterocycles. The largest absolute Gasteiger partial charge is 0.369 e. The minimum absolute atomic E-state index is 0.0741. The number of aromatic nitrogens is 3. The van der Waals surface area contributed by atoms with Gasteiger partial charge in [0.2, 0.25) is 11.9 Å². The summed E-state index contributed by atoms with van der Waals surface area (Å²) in [5, 5.41) is 9.26. The van der Waals surface area contributed by atoms with Gasteiger partial charge in [0.15, 0.2) is 5.78 Å². The molecule has 38 heavy (non-hydrogen) atoms. The number of nitrogens with zero attached hydrogens (tertiary/aromatic N) is 4. The van der Waals surface area contributed by atoms with E-state index in [1.165, 1.54) is 17.2 Å². The summed E-state index contributed by atoms with van der Waals surface area (Å²) in [5.41, 5.74) is 2.55. The van der Waals surface area contributed by atoms with Crippen molar-refractivity contribution in [2.24, 2.45) is 0 Å². The zero-order valence-corrected chi connectivity index (χ0v) is 21.7. The van der Waals surface area contributed by atoms with Crippen molar-refractivity contribution in [2.45, 2.75) is 32.6 Å². The van der Waals surface area contributed by atoms with Gasteiger partial charge in [0.05, 0.1) is 0 Å². The molecule has 0 aliphatic carbocycles. The van der Waals surface area contributed by atoms with Gasteiger partial charge in [-0.15, -0.1) is 0 Å². The SMILES string of the molecule is C=CC(=O)CCC(=O)N(C)c1cccc(NC(=O)c2cnc(NCCc3ccncc3)nc2NCCC)c1. The smallest absolute Gasteiger partial charge is 0.260 e. The molecular weight excluding hydrogens is 482 g/mol. The molecule has 0 radical (unpaired) electrons. The van der Waals surface area contributed by atoms with Gasteiger partial charge in [-0.25, -0.2) is 4.98 Å². The van der Waals surface area contributed by atoms with Crippen LogP contribution in [-0.4, -0.2) is 52.7 Å². The number of benzene rings is 1. The third-order valence-corrected chi connectivity index (χ3v) is 5.70. The van der Waals surface area contributed by atoms with Crippen LogP contribution in [0.3, 0.4) is 0 Å². The van der Waals surface area contributed by atoms with Crippen molar-refractivity contribution in [1.29, 1.82) is 0 Å². The number of carbonyl (C=O) groups excluding carboxylic acids is 3. The molecule has 3 N–H and O–H groups in total. The predicted octanol–water partition coefficient (Wildman–Crippen LogP) is 4.10. The van der Waals surface area contributed by atoms with Crippen LogP contribution in [0.1, 0.15) is 42.1 Å². The molecular formula is C28H33N7O3. The van der Waals surface area contributed by atoms with Crippen molar-refractivity contribution >= 4 is 40.7 Å². The number of hydrogen-bond acceptors (Lipinski definition) is 8. The van der Waals surface area contributed by atoms with Crippen LogP contribution in [0.25, 0.3) is 0 Å². The van der Waals surface area contributed by atoms with Crippen molar-refractivity contribution in [3.63, 3.8) is 0 Å². The third kappa shape index (κ3) is 8.22. The predicted molar refractivity (Wildman–Crippen MR) is 149 cm³/mol. The molecule has 0 unspecified atom stereocenters. The van der Waals surface area contributed by atoms with E-state index in [4.69, 9.17) is 0 Å². The second-order valence-corrected chi connectivity index (χ2v) is 8.54. The van der Waals surface area contributed by atoms with Crippen molar-refractivity contribution in [3.8, 4) is 0 Å². The average molecular weight is 516 g/mol. The highest BCUT2D eigenvalue weighted by molar-refractivity contribution is 6.07. The fourth-order valence-corrected chi connectivity index (χ4v) is 3.51. The minimum Gasteiger partial charge on any atom is -0.369 e. The van der Waals surface area contributed by atoms with Gasteiger partial charge in [-0.3, -0.25) is 19.4 Å². The van der Waals surface area contributed by atoms with E-state index in [0.29, 0.717) is 41.8 Å². The maximum Gasteiger partial charge on any atom is 0.260 e. The number of anilines is 4. The number of ketones is 1. The van der Waals surface area contributed by atoms with Gasteiger partial charge in [-0.2, -0.15) is 4.98 Å². The zero-order valence-electron chi connectivity index (χ0n) is 21.7. The van der Waals surface area contributed by atoms with Gasteiger partial charge in [0, 0.05) is 62.9 Å². The molecule has 198 valence electrons. The van der Waals surface area contributed by atoms with E-state index < -0.39 is 0 Å². The monoisotopic (exact) mass is 515 g/mol. The number of amides is 2. The molecule has 0 bridgehead atoms. The fourth-order valence-electron chi connectivity index (χ4n) is 3.51. The maximum absolute atomic E-state index is 13.1. The summed E-state index contributed by atoms with van der Waals surface area (Å²) in [6.07, 6.45) is 8.03. The lowest BCUT2D eigenvalue weighted by atomic mass is 10.2. The van der Waals surface area contributed by atoms with E-state index in [2.05, 4.69) is 37.5 Å². The Hall–Kier alpha value is -4.60. The Bertz CT molecular complexity index is 1260. The first-order valence-electron chi connectivity index (χ1n) is 12.5. The Morgan fingerprint density at radius 1 is 1.05 bits per heavy atom. The first-order valence-corrected chi connectivity index (χ1v) is 12.5. The summed E-state index contributed by atoms with van der Waals surface area (Å²) in [4.78, 5) is 51.4. The van der Waals surface area contributed by atoms with Gasteiger partial charge in [0.1, 0.15) is 11.4 Å². The summed E-state index contributed by atoms with van der Waals surface area (Å²) in [6.45, 7) is 6.72. The second kappa shape index (κ2) is 14.2. The molecule has 10 nitrogen and oxygen atoms in total. The van der Waals surface area contributed by atoms with Crippen LogP contribution in [0, 0.1) is 0 Å². The average Bonchev–Trinajstić information content (AvgIpc) is 2.94.